The fourth-order valence-corrected chi connectivity index (χ4v) is 0.989. The molecule has 10 heavy (non-hydrogen) atoms. The van der Waals surface area contributed by atoms with Gasteiger partial charge in [0.05, 0.1) is 6.73 Å². The molecule has 0 spiro atoms. The van der Waals surface area contributed by atoms with Gasteiger partial charge in [-0.25, -0.2) is 4.21 Å². The molecule has 0 saturated carbocycles. The van der Waals surface area contributed by atoms with Crippen LogP contribution in [-0.2, 0) is 11.1 Å². The lowest BCUT2D eigenvalue weighted by molar-refractivity contribution is 0.136. The Balaban J connectivity index is 3.59. The average Bonchev–Trinajstić information content (AvgIpc) is 1.86. The third-order valence-electron chi connectivity index (χ3n) is 0.880. The second-order valence-electron chi connectivity index (χ2n) is 1.73. The third kappa shape index (κ3) is 4.63. The van der Waals surface area contributed by atoms with Crippen molar-refractivity contribution in [3.8, 4) is 0 Å². The SMILES string of the molecule is C=CCN(CO)CS(=O)O. The van der Waals surface area contributed by atoms with Crippen LogP contribution in [0.25, 0.3) is 0 Å². The highest BCUT2D eigenvalue weighted by Crippen LogP contribution is 1.87. The van der Waals surface area contributed by atoms with Crippen molar-refractivity contribution in [2.45, 2.75) is 0 Å². The number of aliphatic hydroxyl groups excluding tert-OH is 1. The van der Waals surface area contributed by atoms with Gasteiger partial charge in [-0.05, 0) is 0 Å². The summed E-state index contributed by atoms with van der Waals surface area (Å²) in [6, 6.07) is 0. The van der Waals surface area contributed by atoms with Gasteiger partial charge in [0, 0.05) is 6.54 Å². The maximum absolute atomic E-state index is 10.2. The van der Waals surface area contributed by atoms with Crippen molar-refractivity contribution >= 4 is 11.1 Å². The second-order valence-corrected chi connectivity index (χ2v) is 2.64. The second kappa shape index (κ2) is 5.55. The number of rotatable bonds is 5. The zero-order valence-corrected chi connectivity index (χ0v) is 6.38. The smallest absolute Gasteiger partial charge is 0.167 e. The van der Waals surface area contributed by atoms with E-state index in [9.17, 15) is 4.21 Å². The van der Waals surface area contributed by atoms with E-state index in [0.29, 0.717) is 6.54 Å². The zero-order chi connectivity index (χ0) is 7.98. The van der Waals surface area contributed by atoms with Crippen molar-refractivity contribution < 1.29 is 13.9 Å². The molecule has 0 aliphatic rings. The average molecular weight is 165 g/mol. The summed E-state index contributed by atoms with van der Waals surface area (Å²) in [7, 11) is 0. The molecule has 0 aliphatic carbocycles. The maximum atomic E-state index is 10.2. The van der Waals surface area contributed by atoms with Crippen LogP contribution in [0.4, 0.5) is 0 Å². The summed E-state index contributed by atoms with van der Waals surface area (Å²) in [5, 5.41) is 8.54. The summed E-state index contributed by atoms with van der Waals surface area (Å²) < 4.78 is 18.5. The van der Waals surface area contributed by atoms with Gasteiger partial charge >= 0.3 is 0 Å². The summed E-state index contributed by atoms with van der Waals surface area (Å²) in [6.07, 6.45) is 1.56. The Labute approximate surface area is 62.4 Å². The van der Waals surface area contributed by atoms with E-state index in [4.69, 9.17) is 9.66 Å². The monoisotopic (exact) mass is 165 g/mol. The predicted molar refractivity (Wildman–Crippen MR) is 39.6 cm³/mol. The molecule has 0 aromatic rings. The van der Waals surface area contributed by atoms with Crippen LogP contribution < -0.4 is 0 Å². The molecule has 0 saturated heterocycles. The molecule has 0 radical (unpaired) electrons. The molecular weight excluding hydrogens is 154 g/mol. The van der Waals surface area contributed by atoms with Crippen molar-refractivity contribution in [1.82, 2.24) is 4.90 Å². The molecule has 0 aliphatic heterocycles. The predicted octanol–water partition coefficient (Wildman–Crippen LogP) is -0.397. The van der Waals surface area contributed by atoms with Crippen molar-refractivity contribution in [2.75, 3.05) is 19.2 Å². The van der Waals surface area contributed by atoms with Crippen LogP contribution in [0, 0.1) is 0 Å². The Morgan fingerprint density at radius 2 is 2.30 bits per heavy atom. The topological polar surface area (TPSA) is 60.8 Å². The summed E-state index contributed by atoms with van der Waals surface area (Å²) in [5.74, 6) is -0.0392. The number of hydrogen-bond donors (Lipinski definition) is 2. The Kier molecular flexibility index (Phi) is 5.42. The fraction of sp³-hybridized carbons (Fsp3) is 0.600. The van der Waals surface area contributed by atoms with E-state index in [-0.39, 0.29) is 12.6 Å². The highest BCUT2D eigenvalue weighted by molar-refractivity contribution is 7.79. The summed E-state index contributed by atoms with van der Waals surface area (Å²) in [6.45, 7) is 3.62. The molecule has 0 heterocycles. The maximum Gasteiger partial charge on any atom is 0.167 e. The summed E-state index contributed by atoms with van der Waals surface area (Å²) in [5.41, 5.74) is 0. The van der Waals surface area contributed by atoms with Crippen molar-refractivity contribution in [3.63, 3.8) is 0 Å². The van der Waals surface area contributed by atoms with Gasteiger partial charge < -0.3 is 9.66 Å². The van der Waals surface area contributed by atoms with Gasteiger partial charge in [-0.2, -0.15) is 0 Å². The van der Waals surface area contributed by atoms with Gasteiger partial charge in [0.25, 0.3) is 0 Å². The molecule has 0 aromatic carbocycles. The Bertz CT molecular complexity index is 128. The van der Waals surface area contributed by atoms with Crippen LogP contribution >= 0.6 is 0 Å². The molecule has 0 fully saturated rings. The highest BCUT2D eigenvalue weighted by Gasteiger charge is 2.02. The largest absolute Gasteiger partial charge is 0.381 e. The van der Waals surface area contributed by atoms with E-state index >= 15 is 0 Å². The molecule has 0 amide bonds. The number of aliphatic hydroxyl groups is 1. The fourth-order valence-electron chi connectivity index (χ4n) is 0.490. The molecule has 0 rings (SSSR count). The molecule has 0 aromatic heterocycles. The lowest BCUT2D eigenvalue weighted by Crippen LogP contribution is -2.28. The van der Waals surface area contributed by atoms with E-state index in [0.717, 1.165) is 0 Å². The van der Waals surface area contributed by atoms with Gasteiger partial charge in [0.1, 0.15) is 5.88 Å². The van der Waals surface area contributed by atoms with E-state index in [2.05, 4.69) is 6.58 Å². The normalized spacial score (nSPS) is 13.5. The minimum Gasteiger partial charge on any atom is -0.381 e. The van der Waals surface area contributed by atoms with Gasteiger partial charge in [0.15, 0.2) is 11.1 Å². The lowest BCUT2D eigenvalue weighted by atomic mass is 10.6. The van der Waals surface area contributed by atoms with E-state index in [1.807, 2.05) is 0 Å². The van der Waals surface area contributed by atoms with E-state index < -0.39 is 11.1 Å². The first-order valence-corrected chi connectivity index (χ1v) is 4.00. The molecule has 60 valence electrons. The molecule has 5 heteroatoms. The zero-order valence-electron chi connectivity index (χ0n) is 5.56. The van der Waals surface area contributed by atoms with Crippen LogP contribution in [0.2, 0.25) is 0 Å². The number of hydrogen-bond acceptors (Lipinski definition) is 3. The van der Waals surface area contributed by atoms with Crippen LogP contribution in [0.5, 0.6) is 0 Å². The third-order valence-corrected chi connectivity index (χ3v) is 1.47. The Morgan fingerprint density at radius 1 is 1.70 bits per heavy atom. The first kappa shape index (κ1) is 9.77. The van der Waals surface area contributed by atoms with E-state index in [1.165, 1.54) is 4.90 Å². The summed E-state index contributed by atoms with van der Waals surface area (Å²) >= 11 is -1.88. The van der Waals surface area contributed by atoms with Gasteiger partial charge in [0.2, 0.25) is 0 Å². The molecule has 2 N–H and O–H groups in total. The van der Waals surface area contributed by atoms with Crippen LogP contribution in [0.3, 0.4) is 0 Å². The molecule has 1 unspecified atom stereocenters. The molecule has 1 atom stereocenters. The quantitative estimate of drug-likeness (QED) is 0.331. The van der Waals surface area contributed by atoms with Crippen molar-refractivity contribution in [2.24, 2.45) is 0 Å². The van der Waals surface area contributed by atoms with Gasteiger partial charge in [-0.1, -0.05) is 6.08 Å². The van der Waals surface area contributed by atoms with Crippen molar-refractivity contribution in [1.29, 1.82) is 0 Å². The molecule has 0 bridgehead atoms. The van der Waals surface area contributed by atoms with Gasteiger partial charge in [-0.3, -0.25) is 4.90 Å². The first-order chi connectivity index (χ1) is 4.70. The molecule has 4 nitrogen and oxygen atoms in total. The summed E-state index contributed by atoms with van der Waals surface area (Å²) in [4.78, 5) is 1.39. The minimum atomic E-state index is -1.88. The van der Waals surface area contributed by atoms with Crippen LogP contribution in [0.15, 0.2) is 12.7 Å². The van der Waals surface area contributed by atoms with E-state index in [1.54, 1.807) is 6.08 Å². The van der Waals surface area contributed by atoms with Crippen molar-refractivity contribution in [3.05, 3.63) is 12.7 Å². The van der Waals surface area contributed by atoms with Crippen LogP contribution in [0.1, 0.15) is 0 Å². The first-order valence-electron chi connectivity index (χ1n) is 2.72. The Hall–Kier alpha value is -0.230. The lowest BCUT2D eigenvalue weighted by Gasteiger charge is -2.13. The van der Waals surface area contributed by atoms with Gasteiger partial charge in [-0.15, -0.1) is 6.58 Å². The number of nitrogens with zero attached hydrogens (tertiary/aromatic N) is 1. The van der Waals surface area contributed by atoms with Crippen LogP contribution in [-0.4, -0.2) is 37.9 Å². The highest BCUT2D eigenvalue weighted by atomic mass is 32.2. The molecular formula is C5H11NO3S. The standard InChI is InChI=1S/C5H11NO3S/c1-2-3-6(4-7)5-10(8)9/h2,7H,1,3-5H2,(H,8,9). The Morgan fingerprint density at radius 3 is 2.60 bits per heavy atom. The minimum absolute atomic E-state index is 0.0392.